The van der Waals surface area contributed by atoms with Crippen LogP contribution in [-0.4, -0.2) is 29.1 Å². The van der Waals surface area contributed by atoms with Crippen molar-refractivity contribution in [3.8, 4) is 6.07 Å². The Labute approximate surface area is 172 Å². The number of esters is 1. The SMILES string of the molecule is CCOC(=O)C(C)(Cc1ccc(C#N)cc1)NC(=O)Nc1cc(Cl)nc(Cl)c1. The van der Waals surface area contributed by atoms with E-state index in [1.54, 1.807) is 38.1 Å². The third-order valence-corrected chi connectivity index (χ3v) is 4.16. The minimum atomic E-state index is -1.34. The third-order valence-electron chi connectivity index (χ3n) is 3.78. The van der Waals surface area contributed by atoms with Crippen molar-refractivity contribution >= 4 is 40.9 Å². The second-order valence-corrected chi connectivity index (χ2v) is 6.89. The molecule has 146 valence electrons. The molecule has 0 aliphatic heterocycles. The maximum atomic E-state index is 12.5. The summed E-state index contributed by atoms with van der Waals surface area (Å²) in [4.78, 5) is 28.8. The van der Waals surface area contributed by atoms with Crippen LogP contribution in [0.3, 0.4) is 0 Å². The highest BCUT2D eigenvalue weighted by Crippen LogP contribution is 2.20. The number of nitrogens with one attached hydrogen (secondary N) is 2. The number of urea groups is 1. The van der Waals surface area contributed by atoms with Crippen LogP contribution in [0.2, 0.25) is 10.3 Å². The number of amides is 2. The number of carbonyl (C=O) groups excluding carboxylic acids is 2. The highest BCUT2D eigenvalue weighted by atomic mass is 35.5. The van der Waals surface area contributed by atoms with Gasteiger partial charge < -0.3 is 15.4 Å². The van der Waals surface area contributed by atoms with E-state index in [4.69, 9.17) is 33.2 Å². The van der Waals surface area contributed by atoms with E-state index in [1.165, 1.54) is 12.1 Å². The van der Waals surface area contributed by atoms with Crippen molar-refractivity contribution in [2.24, 2.45) is 0 Å². The zero-order valence-corrected chi connectivity index (χ0v) is 16.8. The Morgan fingerprint density at radius 2 is 1.82 bits per heavy atom. The van der Waals surface area contributed by atoms with E-state index in [-0.39, 0.29) is 23.3 Å². The van der Waals surface area contributed by atoms with Crippen LogP contribution in [0.5, 0.6) is 0 Å². The van der Waals surface area contributed by atoms with Gasteiger partial charge in [0.25, 0.3) is 0 Å². The lowest BCUT2D eigenvalue weighted by molar-refractivity contribution is -0.149. The molecule has 0 aliphatic carbocycles. The Kier molecular flexibility index (Phi) is 7.21. The lowest BCUT2D eigenvalue weighted by Crippen LogP contribution is -2.55. The van der Waals surface area contributed by atoms with Crippen molar-refractivity contribution < 1.29 is 14.3 Å². The number of ether oxygens (including phenoxy) is 1. The first-order chi connectivity index (χ1) is 13.3. The highest BCUT2D eigenvalue weighted by molar-refractivity contribution is 6.33. The van der Waals surface area contributed by atoms with Crippen molar-refractivity contribution in [2.45, 2.75) is 25.8 Å². The fourth-order valence-corrected chi connectivity index (χ4v) is 2.97. The first-order valence-corrected chi connectivity index (χ1v) is 9.10. The summed E-state index contributed by atoms with van der Waals surface area (Å²) in [5, 5.41) is 14.4. The fraction of sp³-hybridized carbons (Fsp3) is 0.263. The normalized spacial score (nSPS) is 12.4. The average molecular weight is 421 g/mol. The summed E-state index contributed by atoms with van der Waals surface area (Å²) < 4.78 is 5.13. The van der Waals surface area contributed by atoms with Crippen LogP contribution < -0.4 is 10.6 Å². The molecule has 7 nitrogen and oxygen atoms in total. The summed E-state index contributed by atoms with van der Waals surface area (Å²) in [5.41, 5.74) is 0.241. The second kappa shape index (κ2) is 9.40. The number of nitrogens with zero attached hydrogens (tertiary/aromatic N) is 2. The zero-order chi connectivity index (χ0) is 20.7. The standard InChI is InChI=1S/C19H18Cl2N4O3/c1-3-28-17(26)19(2,10-12-4-6-13(11-22)7-5-12)25-18(27)23-14-8-15(20)24-16(21)9-14/h4-9H,3,10H2,1-2H3,(H2,23,24,25,27). The van der Waals surface area contributed by atoms with Crippen LogP contribution in [-0.2, 0) is 16.0 Å². The highest BCUT2D eigenvalue weighted by Gasteiger charge is 2.36. The van der Waals surface area contributed by atoms with Gasteiger partial charge in [0.2, 0.25) is 0 Å². The molecule has 0 fully saturated rings. The predicted molar refractivity (Wildman–Crippen MR) is 106 cm³/mol. The quantitative estimate of drug-likeness (QED) is 0.543. The van der Waals surface area contributed by atoms with Crippen LogP contribution in [0.1, 0.15) is 25.0 Å². The smallest absolute Gasteiger partial charge is 0.331 e. The molecule has 2 aromatic rings. The number of rotatable bonds is 6. The molecule has 1 atom stereocenters. The van der Waals surface area contributed by atoms with Crippen molar-refractivity contribution in [2.75, 3.05) is 11.9 Å². The summed E-state index contributed by atoms with van der Waals surface area (Å²) in [6.45, 7) is 3.41. The number of hydrogen-bond acceptors (Lipinski definition) is 5. The molecule has 0 radical (unpaired) electrons. The molecule has 1 aromatic heterocycles. The van der Waals surface area contributed by atoms with E-state index >= 15 is 0 Å². The van der Waals surface area contributed by atoms with Gasteiger partial charge in [-0.2, -0.15) is 5.26 Å². The van der Waals surface area contributed by atoms with Gasteiger partial charge in [-0.15, -0.1) is 0 Å². The van der Waals surface area contributed by atoms with Crippen molar-refractivity contribution in [3.63, 3.8) is 0 Å². The Bertz CT molecular complexity index is 892. The molecule has 1 heterocycles. The van der Waals surface area contributed by atoms with Gasteiger partial charge in [-0.25, -0.2) is 14.6 Å². The van der Waals surface area contributed by atoms with E-state index in [2.05, 4.69) is 15.6 Å². The molecular formula is C19H18Cl2N4O3. The number of halogens is 2. The van der Waals surface area contributed by atoms with Gasteiger partial charge in [-0.1, -0.05) is 35.3 Å². The molecule has 2 N–H and O–H groups in total. The number of pyridine rings is 1. The maximum Gasteiger partial charge on any atom is 0.331 e. The number of benzene rings is 1. The molecule has 0 spiro atoms. The summed E-state index contributed by atoms with van der Waals surface area (Å²) in [5.74, 6) is -0.583. The van der Waals surface area contributed by atoms with Crippen molar-refractivity contribution in [1.29, 1.82) is 5.26 Å². The molecule has 2 amide bonds. The molecule has 2 rings (SSSR count). The largest absolute Gasteiger partial charge is 0.464 e. The third kappa shape index (κ3) is 5.84. The molecular weight excluding hydrogens is 403 g/mol. The molecule has 1 unspecified atom stereocenters. The number of anilines is 1. The molecule has 0 saturated heterocycles. The predicted octanol–water partition coefficient (Wildman–Crippen LogP) is 3.95. The van der Waals surface area contributed by atoms with Gasteiger partial charge in [0, 0.05) is 12.1 Å². The van der Waals surface area contributed by atoms with Crippen LogP contribution in [0.25, 0.3) is 0 Å². The van der Waals surface area contributed by atoms with E-state index in [9.17, 15) is 9.59 Å². The van der Waals surface area contributed by atoms with E-state index in [1.807, 2.05) is 6.07 Å². The van der Waals surface area contributed by atoms with Crippen molar-refractivity contribution in [1.82, 2.24) is 10.3 Å². The summed E-state index contributed by atoms with van der Waals surface area (Å²) in [7, 11) is 0. The van der Waals surface area contributed by atoms with Gasteiger partial charge in [-0.05, 0) is 43.7 Å². The van der Waals surface area contributed by atoms with Gasteiger partial charge in [0.05, 0.1) is 18.2 Å². The van der Waals surface area contributed by atoms with Crippen LogP contribution in [0.15, 0.2) is 36.4 Å². The summed E-state index contributed by atoms with van der Waals surface area (Å²) >= 11 is 11.7. The van der Waals surface area contributed by atoms with Gasteiger partial charge in [0.15, 0.2) is 0 Å². The number of hydrogen-bond donors (Lipinski definition) is 2. The number of nitriles is 1. The monoisotopic (exact) mass is 420 g/mol. The topological polar surface area (TPSA) is 104 Å². The lowest BCUT2D eigenvalue weighted by atomic mass is 9.92. The first-order valence-electron chi connectivity index (χ1n) is 8.34. The van der Waals surface area contributed by atoms with E-state index < -0.39 is 17.5 Å². The Balaban J connectivity index is 2.19. The number of aromatic nitrogens is 1. The minimum Gasteiger partial charge on any atom is -0.464 e. The molecule has 0 saturated carbocycles. The molecule has 0 aliphatic rings. The molecule has 9 heteroatoms. The van der Waals surface area contributed by atoms with Gasteiger partial charge >= 0.3 is 12.0 Å². The fourth-order valence-electron chi connectivity index (χ4n) is 2.51. The Morgan fingerprint density at radius 3 is 2.36 bits per heavy atom. The van der Waals surface area contributed by atoms with E-state index in [0.717, 1.165) is 5.56 Å². The van der Waals surface area contributed by atoms with Crippen LogP contribution in [0.4, 0.5) is 10.5 Å². The average Bonchev–Trinajstić information content (AvgIpc) is 2.61. The van der Waals surface area contributed by atoms with E-state index in [0.29, 0.717) is 11.3 Å². The molecule has 0 bridgehead atoms. The Morgan fingerprint density at radius 1 is 1.21 bits per heavy atom. The summed E-state index contributed by atoms with van der Waals surface area (Å²) in [6.07, 6.45) is 0.169. The lowest BCUT2D eigenvalue weighted by Gasteiger charge is -2.28. The second-order valence-electron chi connectivity index (χ2n) is 6.12. The molecule has 28 heavy (non-hydrogen) atoms. The van der Waals surface area contributed by atoms with Gasteiger partial charge in [0.1, 0.15) is 15.8 Å². The summed E-state index contributed by atoms with van der Waals surface area (Å²) in [6, 6.07) is 11.0. The minimum absolute atomic E-state index is 0.119. The maximum absolute atomic E-state index is 12.5. The zero-order valence-electron chi connectivity index (χ0n) is 15.3. The molecule has 1 aromatic carbocycles. The van der Waals surface area contributed by atoms with Crippen LogP contribution in [0, 0.1) is 11.3 Å². The van der Waals surface area contributed by atoms with Crippen molar-refractivity contribution in [3.05, 3.63) is 57.8 Å². The first kappa shape index (κ1) is 21.5. The Hall–Kier alpha value is -2.82. The van der Waals surface area contributed by atoms with Gasteiger partial charge in [-0.3, -0.25) is 0 Å². The van der Waals surface area contributed by atoms with Crippen LogP contribution >= 0.6 is 23.2 Å². The number of carbonyl (C=O) groups is 2.